The molecule has 0 bridgehead atoms. The number of carboxylic acid groups (broad SMARTS) is 2. The summed E-state index contributed by atoms with van der Waals surface area (Å²) >= 11 is 0. The summed E-state index contributed by atoms with van der Waals surface area (Å²) in [6, 6.07) is 6.96. The van der Waals surface area contributed by atoms with Crippen LogP contribution in [-0.4, -0.2) is 93.0 Å². The molecule has 1 fully saturated rings. The average molecular weight is 1140 g/mol. The fourth-order valence-electron chi connectivity index (χ4n) is 8.62. The number of hydrogen-bond donors (Lipinski definition) is 4. The molecule has 1 aliphatic carbocycles. The van der Waals surface area contributed by atoms with Gasteiger partial charge in [-0.05, 0) is 68.1 Å². The first kappa shape index (κ1) is 55.1. The molecule has 410 valence electrons. The molecule has 0 atom stereocenters. The maximum Gasteiger partial charge on any atom is 0.534 e. The number of amides is 2. The van der Waals surface area contributed by atoms with E-state index >= 15 is 17.6 Å². The third-order valence-electron chi connectivity index (χ3n) is 12.2. The molecule has 2 amide bonds. The number of rotatable bonds is 15. The highest BCUT2D eigenvalue weighted by molar-refractivity contribution is 7.88. The summed E-state index contributed by atoms with van der Waals surface area (Å²) in [5.74, 6) is -23.6. The summed E-state index contributed by atoms with van der Waals surface area (Å²) in [6.45, 7) is -0.126. The minimum absolute atomic E-state index is 0.0129. The van der Waals surface area contributed by atoms with Crippen molar-refractivity contribution < 1.29 is 117 Å². The number of benzene rings is 4. The largest absolute Gasteiger partial charge is 0.534 e. The quantitative estimate of drug-likeness (QED) is 0.0282. The van der Waals surface area contributed by atoms with Gasteiger partial charge in [0.05, 0.1) is 29.5 Å². The number of aliphatic carboxylic acids is 2. The minimum Gasteiger partial charge on any atom is -0.481 e. The summed E-state index contributed by atoms with van der Waals surface area (Å²) in [7, 11) is -13.8. The number of nitrogens with one attached hydrogen (secondary N) is 2. The lowest BCUT2D eigenvalue weighted by Crippen LogP contribution is -2.44. The predicted molar refractivity (Wildman–Crippen MR) is 236 cm³/mol. The maximum absolute atomic E-state index is 16.2. The molecule has 2 aliphatic heterocycles. The van der Waals surface area contributed by atoms with Crippen LogP contribution in [0, 0.1) is 23.3 Å². The van der Waals surface area contributed by atoms with Crippen LogP contribution in [0.2, 0.25) is 0 Å². The molecular formula is C45H31F10N3O17S2. The van der Waals surface area contributed by atoms with Gasteiger partial charge in [-0.15, -0.1) is 0 Å². The number of carboxylic acids is 2. The molecule has 1 spiro atoms. The fraction of sp³-hybridized carbons (Fsp3) is 0.289. The Morgan fingerprint density at radius 2 is 1.17 bits per heavy atom. The van der Waals surface area contributed by atoms with Gasteiger partial charge in [-0.3, -0.25) is 19.2 Å². The SMILES string of the molecule is O=C(O)CCN(CCC(=O)O)c1ccc2cc(C(=O)NC3CCC(NC(=O)c4ccc5c(c4)C(=O)OC54c5cc(F)c(OS(=O)(=O)C(F)(F)F)c(F)c5Oc5c4cc(F)c(OS(=O)(=O)C(F)(F)F)c5F)CC3)c(=O)oc2c1. The van der Waals surface area contributed by atoms with Crippen LogP contribution in [0.15, 0.2) is 63.8 Å². The van der Waals surface area contributed by atoms with Gasteiger partial charge in [0.25, 0.3) is 11.8 Å². The van der Waals surface area contributed by atoms with E-state index in [9.17, 15) is 71.9 Å². The summed E-state index contributed by atoms with van der Waals surface area (Å²) in [5.41, 5.74) is -21.1. The molecule has 32 heteroatoms. The number of hydrogen-bond acceptors (Lipinski definition) is 16. The Morgan fingerprint density at radius 1 is 0.675 bits per heavy atom. The van der Waals surface area contributed by atoms with Crippen LogP contribution >= 0.6 is 0 Å². The maximum atomic E-state index is 16.2. The molecule has 77 heavy (non-hydrogen) atoms. The number of fused-ring (bicyclic) bond motifs is 7. The topological polar surface area (TPSA) is 289 Å². The van der Waals surface area contributed by atoms with Gasteiger partial charge in [0.2, 0.25) is 23.1 Å². The summed E-state index contributed by atoms with van der Waals surface area (Å²) < 4.78 is 213. The average Bonchev–Trinajstić information content (AvgIpc) is 3.73. The van der Waals surface area contributed by atoms with Crippen molar-refractivity contribution in [1.29, 1.82) is 0 Å². The van der Waals surface area contributed by atoms with E-state index in [1.807, 2.05) is 0 Å². The first-order chi connectivity index (χ1) is 35.8. The van der Waals surface area contributed by atoms with E-state index in [4.69, 9.17) is 24.1 Å². The van der Waals surface area contributed by atoms with Crippen molar-refractivity contribution >= 4 is 66.6 Å². The van der Waals surface area contributed by atoms with E-state index < -0.39 is 153 Å². The van der Waals surface area contributed by atoms with Crippen LogP contribution < -0.4 is 34.3 Å². The second-order valence-electron chi connectivity index (χ2n) is 17.1. The van der Waals surface area contributed by atoms with Gasteiger partial charge in [-0.2, -0.15) is 52.0 Å². The Balaban J connectivity index is 1.03. The van der Waals surface area contributed by atoms with E-state index in [1.165, 1.54) is 29.2 Å². The van der Waals surface area contributed by atoms with Crippen molar-refractivity contribution in [3.63, 3.8) is 0 Å². The Labute approximate surface area is 423 Å². The normalized spacial score (nSPS) is 16.8. The lowest BCUT2D eigenvalue weighted by molar-refractivity contribution is -0.137. The van der Waals surface area contributed by atoms with Crippen molar-refractivity contribution in [2.45, 2.75) is 67.2 Å². The van der Waals surface area contributed by atoms with Gasteiger partial charge in [0.1, 0.15) is 11.1 Å². The number of nitrogens with zero attached hydrogens (tertiary/aromatic N) is 1. The molecule has 4 N–H and O–H groups in total. The molecule has 4 aromatic carbocycles. The third kappa shape index (κ3) is 10.3. The number of carbonyl (C=O) groups is 5. The zero-order chi connectivity index (χ0) is 56.5. The summed E-state index contributed by atoms with van der Waals surface area (Å²) in [4.78, 5) is 77.5. The van der Waals surface area contributed by atoms with Crippen molar-refractivity contribution in [3.8, 4) is 23.0 Å². The molecule has 0 unspecified atom stereocenters. The van der Waals surface area contributed by atoms with Crippen LogP contribution in [0.3, 0.4) is 0 Å². The smallest absolute Gasteiger partial charge is 0.481 e. The molecule has 1 saturated carbocycles. The van der Waals surface area contributed by atoms with E-state index in [-0.39, 0.29) is 80.5 Å². The van der Waals surface area contributed by atoms with Crippen LogP contribution in [0.1, 0.15) is 86.3 Å². The van der Waals surface area contributed by atoms with Crippen LogP contribution in [0.25, 0.3) is 11.0 Å². The molecule has 0 saturated heterocycles. The number of ether oxygens (including phenoxy) is 2. The molecular weight excluding hydrogens is 1110 g/mol. The lowest BCUT2D eigenvalue weighted by atomic mass is 9.77. The van der Waals surface area contributed by atoms with Gasteiger partial charge in [0, 0.05) is 53.4 Å². The molecule has 8 rings (SSSR count). The first-order valence-corrected chi connectivity index (χ1v) is 24.7. The lowest BCUT2D eigenvalue weighted by Gasteiger charge is -2.37. The van der Waals surface area contributed by atoms with Crippen molar-refractivity contribution in [2.75, 3.05) is 18.0 Å². The second-order valence-corrected chi connectivity index (χ2v) is 20.2. The summed E-state index contributed by atoms with van der Waals surface area (Å²) in [6.07, 6.45) is 0.158. The van der Waals surface area contributed by atoms with E-state index in [0.717, 1.165) is 18.2 Å². The minimum atomic E-state index is -6.91. The highest BCUT2D eigenvalue weighted by Crippen LogP contribution is 2.60. The molecule has 3 heterocycles. The number of halogens is 10. The molecule has 20 nitrogen and oxygen atoms in total. The third-order valence-corrected chi connectivity index (χ3v) is 14.1. The van der Waals surface area contributed by atoms with Crippen molar-refractivity contribution in [2.24, 2.45) is 0 Å². The molecule has 5 aromatic rings. The van der Waals surface area contributed by atoms with Crippen molar-refractivity contribution in [1.82, 2.24) is 10.6 Å². The monoisotopic (exact) mass is 1140 g/mol. The zero-order valence-corrected chi connectivity index (χ0v) is 39.7. The number of alkyl halides is 6. The van der Waals surface area contributed by atoms with Gasteiger partial charge < -0.3 is 48.0 Å². The Hall–Kier alpha value is -8.16. The number of esters is 1. The van der Waals surface area contributed by atoms with E-state index in [0.29, 0.717) is 11.1 Å². The highest BCUT2D eigenvalue weighted by Gasteiger charge is 2.58. The molecule has 1 aromatic heterocycles. The van der Waals surface area contributed by atoms with Crippen LogP contribution in [0.4, 0.5) is 49.6 Å². The fourth-order valence-corrected chi connectivity index (χ4v) is 9.55. The number of anilines is 1. The van der Waals surface area contributed by atoms with E-state index in [1.54, 1.807) is 0 Å². The van der Waals surface area contributed by atoms with Gasteiger partial charge >= 0.3 is 54.8 Å². The zero-order valence-electron chi connectivity index (χ0n) is 38.1. The standard InChI is InChI=1S/C45H31F10N3O17S2/c46-28-16-26-35(33(48)37(28)74-76(67,68)44(50,51)52)72-36-27(17-29(47)38(34(36)49)75-77(69,70)45(53,54)55)43(26)25-8-2-19(14-23(25)42(66)73-43)39(63)56-20-3-5-21(6-4-20)57-40(64)24-13-18-1-7-22(15-30(18)71-41(24)65)58(11-9-31(59)60)12-10-32(61)62/h1-2,7-8,13-17,20-21H,3-6,9-12H2,(H,56,63)(H,57,64)(H,59,60)(H,61,62). The first-order valence-electron chi connectivity index (χ1n) is 21.8. The van der Waals surface area contributed by atoms with E-state index in [2.05, 4.69) is 19.0 Å². The Bertz CT molecular complexity index is 3510. The van der Waals surface area contributed by atoms with Gasteiger partial charge in [-0.1, -0.05) is 6.07 Å². The van der Waals surface area contributed by atoms with Gasteiger partial charge in [-0.25, -0.2) is 18.4 Å². The van der Waals surface area contributed by atoms with Crippen LogP contribution in [-0.2, 0) is 40.2 Å². The van der Waals surface area contributed by atoms with Crippen molar-refractivity contribution in [3.05, 3.63) is 122 Å². The Kier molecular flexibility index (Phi) is 14.1. The number of carbonyl (C=O) groups excluding carboxylic acids is 3. The predicted octanol–water partition coefficient (Wildman–Crippen LogP) is 6.60. The summed E-state index contributed by atoms with van der Waals surface area (Å²) in [5, 5.41) is 23.9. The molecule has 3 aliphatic rings. The van der Waals surface area contributed by atoms with Gasteiger partial charge in [0.15, 0.2) is 28.7 Å². The second kappa shape index (κ2) is 19.8. The van der Waals surface area contributed by atoms with Crippen LogP contribution in [0.5, 0.6) is 23.0 Å². The highest BCUT2D eigenvalue weighted by atomic mass is 32.2. The Morgan fingerprint density at radius 3 is 1.65 bits per heavy atom. The molecule has 0 radical (unpaired) electrons.